The molecule has 4 heteroatoms. The molecular formula is C11H19NO3. The number of aliphatic carboxylic acids is 1. The molecule has 1 rings (SSSR count). The molecule has 0 amide bonds. The number of carboxylic acids is 1. The van der Waals surface area contributed by atoms with Gasteiger partial charge in [-0.2, -0.15) is 0 Å². The lowest BCUT2D eigenvalue weighted by Crippen LogP contribution is -2.31. The minimum absolute atomic E-state index is 0.254. The molecule has 4 nitrogen and oxygen atoms in total. The third kappa shape index (κ3) is 4.44. The number of ether oxygens (including phenoxy) is 1. The summed E-state index contributed by atoms with van der Waals surface area (Å²) in [5.41, 5.74) is 0.254. The predicted molar refractivity (Wildman–Crippen MR) is 57.8 cm³/mol. The maximum atomic E-state index is 10.6. The van der Waals surface area contributed by atoms with Gasteiger partial charge >= 0.3 is 5.97 Å². The fourth-order valence-electron chi connectivity index (χ4n) is 1.83. The molecule has 15 heavy (non-hydrogen) atoms. The van der Waals surface area contributed by atoms with Crippen LogP contribution in [-0.2, 0) is 9.53 Å². The normalized spacial score (nSPS) is 18.0. The van der Waals surface area contributed by atoms with Crippen molar-refractivity contribution in [2.24, 2.45) is 5.92 Å². The first-order chi connectivity index (χ1) is 7.09. The minimum atomic E-state index is -0.908. The number of hydrogen-bond acceptors (Lipinski definition) is 3. The highest BCUT2D eigenvalue weighted by Gasteiger charge is 2.16. The van der Waals surface area contributed by atoms with Gasteiger partial charge in [0.25, 0.3) is 0 Å². The summed E-state index contributed by atoms with van der Waals surface area (Å²) in [5.74, 6) is -0.279. The lowest BCUT2D eigenvalue weighted by atomic mass is 10.00. The van der Waals surface area contributed by atoms with Crippen molar-refractivity contribution in [2.75, 3.05) is 33.4 Å². The van der Waals surface area contributed by atoms with Gasteiger partial charge in [0.2, 0.25) is 0 Å². The van der Waals surface area contributed by atoms with Crippen LogP contribution in [0.4, 0.5) is 0 Å². The van der Waals surface area contributed by atoms with Gasteiger partial charge in [-0.05, 0) is 25.8 Å². The zero-order valence-electron chi connectivity index (χ0n) is 9.24. The summed E-state index contributed by atoms with van der Waals surface area (Å²) in [6.07, 6.45) is 2.15. The van der Waals surface area contributed by atoms with E-state index in [2.05, 4.69) is 6.58 Å². The Morgan fingerprint density at radius 3 is 2.67 bits per heavy atom. The van der Waals surface area contributed by atoms with E-state index in [1.54, 1.807) is 0 Å². The van der Waals surface area contributed by atoms with Crippen molar-refractivity contribution >= 4 is 5.97 Å². The topological polar surface area (TPSA) is 49.8 Å². The highest BCUT2D eigenvalue weighted by Crippen LogP contribution is 2.15. The molecule has 0 radical (unpaired) electrons. The Kier molecular flexibility index (Phi) is 4.78. The van der Waals surface area contributed by atoms with Gasteiger partial charge in [0.1, 0.15) is 0 Å². The number of carbonyl (C=O) groups is 1. The average Bonchev–Trinajstić information content (AvgIpc) is 2.18. The Morgan fingerprint density at radius 1 is 1.53 bits per heavy atom. The molecule has 1 saturated heterocycles. The number of rotatable bonds is 5. The van der Waals surface area contributed by atoms with Gasteiger partial charge in [0, 0.05) is 31.9 Å². The number of hydrogen-bond donors (Lipinski definition) is 1. The van der Waals surface area contributed by atoms with E-state index in [9.17, 15) is 4.79 Å². The van der Waals surface area contributed by atoms with Crippen molar-refractivity contribution in [1.82, 2.24) is 4.90 Å². The second kappa shape index (κ2) is 5.88. The molecule has 1 N–H and O–H groups in total. The smallest absolute Gasteiger partial charge is 0.332 e. The summed E-state index contributed by atoms with van der Waals surface area (Å²) < 4.78 is 5.27. The third-order valence-electron chi connectivity index (χ3n) is 2.67. The lowest BCUT2D eigenvalue weighted by molar-refractivity contribution is -0.132. The summed E-state index contributed by atoms with van der Waals surface area (Å²) in [5, 5.41) is 8.69. The van der Waals surface area contributed by atoms with Crippen molar-refractivity contribution in [3.8, 4) is 0 Å². The van der Waals surface area contributed by atoms with Gasteiger partial charge in [-0.25, -0.2) is 4.79 Å². The second-order valence-electron chi connectivity index (χ2n) is 4.16. The Hall–Kier alpha value is -0.870. The SMILES string of the molecule is C=C(CN(C)CC1CCOCC1)C(=O)O. The molecule has 1 fully saturated rings. The molecule has 86 valence electrons. The number of likely N-dealkylation sites (N-methyl/N-ethyl adjacent to an activating group) is 1. The zero-order chi connectivity index (χ0) is 11.3. The van der Waals surface area contributed by atoms with E-state index in [1.165, 1.54) is 0 Å². The molecule has 0 aliphatic carbocycles. The Morgan fingerprint density at radius 2 is 2.13 bits per heavy atom. The molecule has 0 unspecified atom stereocenters. The maximum Gasteiger partial charge on any atom is 0.332 e. The zero-order valence-corrected chi connectivity index (χ0v) is 9.24. The van der Waals surface area contributed by atoms with Gasteiger partial charge in [-0.3, -0.25) is 0 Å². The van der Waals surface area contributed by atoms with Gasteiger partial charge in [0.15, 0.2) is 0 Å². The summed E-state index contributed by atoms with van der Waals surface area (Å²) in [7, 11) is 1.93. The van der Waals surface area contributed by atoms with E-state index >= 15 is 0 Å². The Labute approximate surface area is 90.5 Å². The third-order valence-corrected chi connectivity index (χ3v) is 2.67. The fourth-order valence-corrected chi connectivity index (χ4v) is 1.83. The molecule has 0 aromatic carbocycles. The second-order valence-corrected chi connectivity index (χ2v) is 4.16. The highest BCUT2D eigenvalue weighted by atomic mass is 16.5. The monoisotopic (exact) mass is 213 g/mol. The standard InChI is InChI=1S/C11H19NO3/c1-9(11(13)14)7-12(2)8-10-3-5-15-6-4-10/h10H,1,3-8H2,2H3,(H,13,14). The van der Waals surface area contributed by atoms with E-state index < -0.39 is 5.97 Å². The summed E-state index contributed by atoms with van der Waals surface area (Å²) >= 11 is 0. The Balaban J connectivity index is 2.25. The van der Waals surface area contributed by atoms with Crippen LogP contribution in [0.25, 0.3) is 0 Å². The molecule has 1 aliphatic rings. The van der Waals surface area contributed by atoms with Crippen molar-refractivity contribution in [3.05, 3.63) is 12.2 Å². The van der Waals surface area contributed by atoms with Crippen molar-refractivity contribution in [3.63, 3.8) is 0 Å². The molecular weight excluding hydrogens is 194 g/mol. The van der Waals surface area contributed by atoms with Crippen LogP contribution in [0.2, 0.25) is 0 Å². The quantitative estimate of drug-likeness (QED) is 0.692. The van der Waals surface area contributed by atoms with E-state index in [4.69, 9.17) is 9.84 Å². The molecule has 0 aromatic heterocycles. The Bertz CT molecular complexity index is 234. The summed E-state index contributed by atoms with van der Waals surface area (Å²) in [6, 6.07) is 0. The van der Waals surface area contributed by atoms with E-state index in [0.717, 1.165) is 32.6 Å². The van der Waals surface area contributed by atoms with Gasteiger partial charge in [-0.15, -0.1) is 0 Å². The maximum absolute atomic E-state index is 10.6. The minimum Gasteiger partial charge on any atom is -0.478 e. The molecule has 0 aromatic rings. The van der Waals surface area contributed by atoms with Gasteiger partial charge in [-0.1, -0.05) is 6.58 Å². The molecule has 0 bridgehead atoms. The molecule has 0 atom stereocenters. The summed E-state index contributed by atoms with van der Waals surface area (Å²) in [6.45, 7) is 6.55. The van der Waals surface area contributed by atoms with E-state index in [-0.39, 0.29) is 5.57 Å². The van der Waals surface area contributed by atoms with Crippen LogP contribution in [0.15, 0.2) is 12.2 Å². The predicted octanol–water partition coefficient (Wildman–Crippen LogP) is 0.986. The largest absolute Gasteiger partial charge is 0.478 e. The van der Waals surface area contributed by atoms with Crippen molar-refractivity contribution < 1.29 is 14.6 Å². The average molecular weight is 213 g/mol. The number of carboxylic acid groups (broad SMARTS) is 1. The first kappa shape index (κ1) is 12.2. The molecule has 0 saturated carbocycles. The van der Waals surface area contributed by atoms with Crippen molar-refractivity contribution in [1.29, 1.82) is 0 Å². The van der Waals surface area contributed by atoms with Gasteiger partial charge in [0.05, 0.1) is 0 Å². The lowest BCUT2D eigenvalue weighted by Gasteiger charge is -2.26. The van der Waals surface area contributed by atoms with Crippen LogP contribution in [0.3, 0.4) is 0 Å². The fraction of sp³-hybridized carbons (Fsp3) is 0.727. The molecule has 1 aliphatic heterocycles. The van der Waals surface area contributed by atoms with E-state index in [0.29, 0.717) is 12.5 Å². The highest BCUT2D eigenvalue weighted by molar-refractivity contribution is 5.86. The van der Waals surface area contributed by atoms with Crippen LogP contribution in [0, 0.1) is 5.92 Å². The van der Waals surface area contributed by atoms with Crippen LogP contribution in [0.1, 0.15) is 12.8 Å². The summed E-state index contributed by atoms with van der Waals surface area (Å²) in [4.78, 5) is 12.6. The van der Waals surface area contributed by atoms with Crippen LogP contribution < -0.4 is 0 Å². The van der Waals surface area contributed by atoms with E-state index in [1.807, 2.05) is 11.9 Å². The first-order valence-electron chi connectivity index (χ1n) is 5.27. The molecule has 1 heterocycles. The van der Waals surface area contributed by atoms with Crippen LogP contribution in [0.5, 0.6) is 0 Å². The van der Waals surface area contributed by atoms with Crippen LogP contribution >= 0.6 is 0 Å². The van der Waals surface area contributed by atoms with Gasteiger partial charge < -0.3 is 14.7 Å². The molecule has 0 spiro atoms. The van der Waals surface area contributed by atoms with Crippen LogP contribution in [-0.4, -0.2) is 49.3 Å². The first-order valence-corrected chi connectivity index (χ1v) is 5.27. The number of nitrogens with zero attached hydrogens (tertiary/aromatic N) is 1. The van der Waals surface area contributed by atoms with Crippen molar-refractivity contribution in [2.45, 2.75) is 12.8 Å².